The van der Waals surface area contributed by atoms with E-state index in [4.69, 9.17) is 16.7 Å². The first-order valence-corrected chi connectivity index (χ1v) is 10.5. The highest BCUT2D eigenvalue weighted by molar-refractivity contribution is 6.33. The third kappa shape index (κ3) is 5.04. The molecule has 0 bridgehead atoms. The fourth-order valence-electron chi connectivity index (χ4n) is 3.64. The normalized spacial score (nSPS) is 14.8. The Morgan fingerprint density at radius 2 is 1.97 bits per heavy atom. The molecule has 1 saturated heterocycles. The molecule has 0 aromatic carbocycles. The lowest BCUT2D eigenvalue weighted by atomic mass is 10.1. The van der Waals surface area contributed by atoms with Crippen LogP contribution in [0.2, 0.25) is 5.02 Å². The van der Waals surface area contributed by atoms with Gasteiger partial charge in [0.15, 0.2) is 17.0 Å². The minimum absolute atomic E-state index is 0.0108. The molecule has 1 fully saturated rings. The number of hydrogen-bond acceptors (Lipinski definition) is 7. The van der Waals surface area contributed by atoms with E-state index in [1.54, 1.807) is 0 Å². The summed E-state index contributed by atoms with van der Waals surface area (Å²) in [7, 11) is 2.04. The Morgan fingerprint density at radius 1 is 1.21 bits per heavy atom. The van der Waals surface area contributed by atoms with Gasteiger partial charge < -0.3 is 19.9 Å². The predicted octanol–water partition coefficient (Wildman–Crippen LogP) is 0.965. The number of nitrogens with zero attached hydrogens (tertiary/aromatic N) is 6. The number of carbonyl (C=O) groups excluding carboxylic acids is 2. The maximum atomic E-state index is 12.8. The molecule has 174 valence electrons. The van der Waals surface area contributed by atoms with Crippen molar-refractivity contribution in [2.75, 3.05) is 30.9 Å². The zero-order valence-electron chi connectivity index (χ0n) is 17.7. The van der Waals surface area contributed by atoms with E-state index < -0.39 is 12.0 Å². The molecule has 3 aromatic heterocycles. The van der Waals surface area contributed by atoms with Gasteiger partial charge in [0.1, 0.15) is 18.6 Å². The largest absolute Gasteiger partial charge is 0.465 e. The molecule has 3 aromatic rings. The summed E-state index contributed by atoms with van der Waals surface area (Å²) in [5.74, 6) is -0.831. The molecular weight excluding hydrogens is 454 g/mol. The van der Waals surface area contributed by atoms with Crippen molar-refractivity contribution in [1.82, 2.24) is 34.4 Å². The fraction of sp³-hybridized carbons (Fsp3) is 0.368. The van der Waals surface area contributed by atoms with Gasteiger partial charge in [-0.15, -0.1) is 0 Å². The van der Waals surface area contributed by atoms with Gasteiger partial charge in [0, 0.05) is 12.2 Å². The molecule has 14 heteroatoms. The number of carbonyl (C=O) groups is 3. The minimum Gasteiger partial charge on any atom is -0.465 e. The van der Waals surface area contributed by atoms with Gasteiger partial charge in [-0.2, -0.15) is 0 Å². The van der Waals surface area contributed by atoms with Gasteiger partial charge in [-0.1, -0.05) is 11.6 Å². The second-order valence-corrected chi connectivity index (χ2v) is 8.07. The molecule has 3 amide bonds. The molecule has 13 nitrogen and oxygen atoms in total. The zero-order valence-corrected chi connectivity index (χ0v) is 18.4. The van der Waals surface area contributed by atoms with Gasteiger partial charge in [0.05, 0.1) is 11.3 Å². The van der Waals surface area contributed by atoms with Crippen molar-refractivity contribution >= 4 is 46.5 Å². The van der Waals surface area contributed by atoms with Crippen molar-refractivity contribution in [3.63, 3.8) is 0 Å². The van der Waals surface area contributed by atoms with Gasteiger partial charge in [-0.3, -0.25) is 25.0 Å². The SMILES string of the molecule is CN1CCC(NC(=O)c2c(Cl)ccn2NC(=O)Cn2cnc3c(NC(=O)O)ncnc32)CC1. The summed E-state index contributed by atoms with van der Waals surface area (Å²) in [6.07, 6.45) is 4.39. The molecule has 0 spiro atoms. The first-order chi connectivity index (χ1) is 15.8. The van der Waals surface area contributed by atoms with E-state index in [-0.39, 0.29) is 46.2 Å². The second kappa shape index (κ2) is 9.42. The van der Waals surface area contributed by atoms with E-state index in [2.05, 4.69) is 35.9 Å². The Kier molecular flexibility index (Phi) is 6.42. The van der Waals surface area contributed by atoms with Crippen molar-refractivity contribution in [2.45, 2.75) is 25.4 Å². The van der Waals surface area contributed by atoms with Crippen molar-refractivity contribution in [1.29, 1.82) is 0 Å². The average molecular weight is 476 g/mol. The monoisotopic (exact) mass is 475 g/mol. The Bertz CT molecular complexity index is 1200. The molecule has 0 unspecified atom stereocenters. The average Bonchev–Trinajstić information content (AvgIpc) is 3.33. The van der Waals surface area contributed by atoms with Gasteiger partial charge in [-0.05, 0) is 39.0 Å². The predicted molar refractivity (Wildman–Crippen MR) is 119 cm³/mol. The number of hydrogen-bond donors (Lipinski definition) is 4. The summed E-state index contributed by atoms with van der Waals surface area (Å²) in [4.78, 5) is 50.6. The highest BCUT2D eigenvalue weighted by Gasteiger charge is 2.23. The van der Waals surface area contributed by atoms with Gasteiger partial charge in [-0.25, -0.2) is 19.7 Å². The van der Waals surface area contributed by atoms with Crippen LogP contribution in [0, 0.1) is 0 Å². The quantitative estimate of drug-likeness (QED) is 0.410. The number of anilines is 1. The van der Waals surface area contributed by atoms with Crippen molar-refractivity contribution in [2.24, 2.45) is 0 Å². The number of imidazole rings is 1. The molecule has 0 aliphatic carbocycles. The summed E-state index contributed by atoms with van der Waals surface area (Å²) >= 11 is 6.22. The summed E-state index contributed by atoms with van der Waals surface area (Å²) in [5.41, 5.74) is 3.24. The van der Waals surface area contributed by atoms with Crippen LogP contribution in [0.25, 0.3) is 11.2 Å². The van der Waals surface area contributed by atoms with Crippen LogP contribution in [0.3, 0.4) is 0 Å². The number of likely N-dealkylation sites (tertiary alicyclic amines) is 1. The lowest BCUT2D eigenvalue weighted by Crippen LogP contribution is -2.44. The van der Waals surface area contributed by atoms with Crippen LogP contribution in [0.4, 0.5) is 10.6 Å². The fourth-order valence-corrected chi connectivity index (χ4v) is 3.87. The number of carboxylic acid groups (broad SMARTS) is 1. The molecule has 4 N–H and O–H groups in total. The summed E-state index contributed by atoms with van der Waals surface area (Å²) < 4.78 is 2.71. The van der Waals surface area contributed by atoms with Crippen LogP contribution in [0.5, 0.6) is 0 Å². The van der Waals surface area contributed by atoms with E-state index in [9.17, 15) is 14.4 Å². The lowest BCUT2D eigenvalue weighted by Gasteiger charge is -2.29. The van der Waals surface area contributed by atoms with E-state index in [0.717, 1.165) is 25.9 Å². The number of halogens is 1. The molecule has 1 aliphatic heterocycles. The van der Waals surface area contributed by atoms with Crippen LogP contribution in [-0.2, 0) is 11.3 Å². The minimum atomic E-state index is -1.29. The standard InChI is InChI=1S/C19H22ClN9O4/c1-27-5-2-11(3-6-27)24-18(31)15-12(20)4-7-29(15)26-13(30)8-28-10-23-14-16(25-19(32)33)21-9-22-17(14)28/h4,7,9-11H,2-3,5-6,8H2,1H3,(H,24,31)(H,26,30)(H,32,33)(H,21,22,25). The number of amides is 3. The number of fused-ring (bicyclic) bond motifs is 1. The smallest absolute Gasteiger partial charge is 0.410 e. The van der Waals surface area contributed by atoms with Crippen LogP contribution in [0.1, 0.15) is 23.3 Å². The highest BCUT2D eigenvalue weighted by Crippen LogP contribution is 2.19. The zero-order chi connectivity index (χ0) is 23.5. The van der Waals surface area contributed by atoms with Crippen molar-refractivity contribution in [3.8, 4) is 0 Å². The molecule has 4 heterocycles. The number of nitrogens with one attached hydrogen (secondary N) is 3. The van der Waals surface area contributed by atoms with E-state index in [1.165, 1.54) is 34.2 Å². The Balaban J connectivity index is 1.45. The van der Waals surface area contributed by atoms with Crippen LogP contribution in [-0.4, -0.2) is 78.3 Å². The van der Waals surface area contributed by atoms with Crippen molar-refractivity contribution < 1.29 is 19.5 Å². The number of rotatable bonds is 6. The van der Waals surface area contributed by atoms with E-state index in [1.807, 2.05) is 7.05 Å². The van der Waals surface area contributed by atoms with Gasteiger partial charge in [0.25, 0.3) is 11.8 Å². The molecule has 0 saturated carbocycles. The van der Waals surface area contributed by atoms with Crippen molar-refractivity contribution in [3.05, 3.63) is 35.6 Å². The number of aromatic nitrogens is 5. The summed E-state index contributed by atoms with van der Waals surface area (Å²) in [6, 6.07) is 1.56. The maximum Gasteiger partial charge on any atom is 0.410 e. The number of piperidine rings is 1. The topological polar surface area (TPSA) is 159 Å². The van der Waals surface area contributed by atoms with E-state index in [0.29, 0.717) is 0 Å². The lowest BCUT2D eigenvalue weighted by molar-refractivity contribution is -0.117. The Morgan fingerprint density at radius 3 is 2.70 bits per heavy atom. The highest BCUT2D eigenvalue weighted by atomic mass is 35.5. The molecular formula is C19H22ClN9O4. The van der Waals surface area contributed by atoms with Crippen LogP contribution in [0.15, 0.2) is 24.9 Å². The van der Waals surface area contributed by atoms with Gasteiger partial charge in [0.2, 0.25) is 0 Å². The molecule has 4 rings (SSSR count). The summed E-state index contributed by atoms with van der Waals surface area (Å²) in [6.45, 7) is 1.59. The second-order valence-electron chi connectivity index (χ2n) is 7.67. The molecule has 0 atom stereocenters. The Hall–Kier alpha value is -3.71. The van der Waals surface area contributed by atoms with Crippen LogP contribution < -0.4 is 16.1 Å². The third-order valence-electron chi connectivity index (χ3n) is 5.29. The Labute approximate surface area is 192 Å². The first kappa shape index (κ1) is 22.5. The van der Waals surface area contributed by atoms with E-state index >= 15 is 0 Å². The van der Waals surface area contributed by atoms with Gasteiger partial charge >= 0.3 is 6.09 Å². The maximum absolute atomic E-state index is 12.8. The molecule has 0 radical (unpaired) electrons. The molecule has 1 aliphatic rings. The van der Waals surface area contributed by atoms with Crippen LogP contribution >= 0.6 is 11.6 Å². The third-order valence-corrected chi connectivity index (χ3v) is 5.60. The molecule has 33 heavy (non-hydrogen) atoms. The summed E-state index contributed by atoms with van der Waals surface area (Å²) in [5, 5.41) is 14.2. The first-order valence-electron chi connectivity index (χ1n) is 10.1.